The van der Waals surface area contributed by atoms with Gasteiger partial charge in [0, 0.05) is 25.1 Å². The smallest absolute Gasteiger partial charge is 0.377 e. The molecule has 1 rings (SSSR count). The Labute approximate surface area is 109 Å². The molecule has 0 saturated heterocycles. The zero-order chi connectivity index (χ0) is 14.3. The Hall–Kier alpha value is -1.14. The summed E-state index contributed by atoms with van der Waals surface area (Å²) in [6, 6.07) is 4.63. The molecule has 0 heterocycles. The van der Waals surface area contributed by atoms with Crippen LogP contribution in [-0.2, 0) is 17.9 Å². The molecular formula is C13H17F4NO. The predicted octanol–water partition coefficient (Wildman–Crippen LogP) is 3.40. The lowest BCUT2D eigenvalue weighted by atomic mass is 10.1. The summed E-state index contributed by atoms with van der Waals surface area (Å²) in [6.45, 7) is 0.553. The van der Waals surface area contributed by atoms with E-state index in [2.05, 4.69) is 5.32 Å². The van der Waals surface area contributed by atoms with Crippen LogP contribution >= 0.6 is 0 Å². The van der Waals surface area contributed by atoms with Gasteiger partial charge in [-0.2, -0.15) is 13.2 Å². The minimum absolute atomic E-state index is 0.0127. The first-order valence-electron chi connectivity index (χ1n) is 5.99. The van der Waals surface area contributed by atoms with Gasteiger partial charge in [-0.3, -0.25) is 0 Å². The van der Waals surface area contributed by atoms with Crippen LogP contribution in [0.2, 0.25) is 0 Å². The summed E-state index contributed by atoms with van der Waals surface area (Å²) in [5.74, 6) is -0.407. The Morgan fingerprint density at radius 1 is 1.26 bits per heavy atom. The van der Waals surface area contributed by atoms with Crippen molar-refractivity contribution in [3.05, 3.63) is 35.1 Å². The highest BCUT2D eigenvalue weighted by atomic mass is 19.4. The van der Waals surface area contributed by atoms with E-state index in [9.17, 15) is 17.6 Å². The first kappa shape index (κ1) is 15.9. The van der Waals surface area contributed by atoms with Crippen LogP contribution in [-0.4, -0.2) is 19.8 Å². The Morgan fingerprint density at radius 3 is 2.63 bits per heavy atom. The summed E-state index contributed by atoms with van der Waals surface area (Å²) < 4.78 is 54.2. The molecule has 1 aromatic carbocycles. The maximum absolute atomic E-state index is 13.4. The number of nitrogens with one attached hydrogen (secondary N) is 1. The van der Waals surface area contributed by atoms with Gasteiger partial charge in [0.25, 0.3) is 0 Å². The number of benzene rings is 1. The third-order valence-corrected chi connectivity index (χ3v) is 2.50. The molecule has 0 fully saturated rings. The second-order valence-corrected chi connectivity index (χ2v) is 4.23. The molecule has 0 bridgehead atoms. The number of halogens is 4. The number of alkyl halides is 3. The van der Waals surface area contributed by atoms with Crippen LogP contribution < -0.4 is 5.32 Å². The van der Waals surface area contributed by atoms with Gasteiger partial charge in [0.15, 0.2) is 0 Å². The van der Waals surface area contributed by atoms with E-state index < -0.39 is 18.4 Å². The highest BCUT2D eigenvalue weighted by Gasteiger charge is 2.25. The number of ether oxygens (including phenoxy) is 1. The van der Waals surface area contributed by atoms with Gasteiger partial charge < -0.3 is 10.1 Å². The van der Waals surface area contributed by atoms with Crippen molar-refractivity contribution in [1.29, 1.82) is 0 Å². The maximum Gasteiger partial charge on any atom is 0.389 e. The van der Waals surface area contributed by atoms with Gasteiger partial charge in [-0.15, -0.1) is 0 Å². The normalized spacial score (nSPS) is 11.8. The molecule has 0 unspecified atom stereocenters. The Kier molecular flexibility index (Phi) is 6.24. The summed E-state index contributed by atoms with van der Waals surface area (Å²) in [5, 5.41) is 2.94. The summed E-state index contributed by atoms with van der Waals surface area (Å²) in [4.78, 5) is 0. The fourth-order valence-electron chi connectivity index (χ4n) is 1.61. The SMILES string of the molecule is CNCc1ccc(F)c(COCCCC(F)(F)F)c1. The van der Waals surface area contributed by atoms with Crippen molar-refractivity contribution in [2.75, 3.05) is 13.7 Å². The summed E-state index contributed by atoms with van der Waals surface area (Å²) >= 11 is 0. The topological polar surface area (TPSA) is 21.3 Å². The van der Waals surface area contributed by atoms with Crippen LogP contribution in [0.4, 0.5) is 17.6 Å². The summed E-state index contributed by atoms with van der Waals surface area (Å²) in [6.07, 6.45) is -5.15. The molecule has 0 aromatic heterocycles. The molecule has 0 aliphatic carbocycles. The Balaban J connectivity index is 2.38. The molecule has 0 atom stereocenters. The van der Waals surface area contributed by atoms with Crippen LogP contribution in [0.25, 0.3) is 0 Å². The fourth-order valence-corrected chi connectivity index (χ4v) is 1.61. The van der Waals surface area contributed by atoms with Crippen molar-refractivity contribution in [3.8, 4) is 0 Å². The van der Waals surface area contributed by atoms with E-state index in [1.54, 1.807) is 19.2 Å². The average molecular weight is 279 g/mol. The zero-order valence-electron chi connectivity index (χ0n) is 10.7. The molecule has 1 N–H and O–H groups in total. The lowest BCUT2D eigenvalue weighted by molar-refractivity contribution is -0.138. The first-order valence-corrected chi connectivity index (χ1v) is 5.99. The van der Waals surface area contributed by atoms with Crippen molar-refractivity contribution in [2.24, 2.45) is 0 Å². The van der Waals surface area contributed by atoms with Gasteiger partial charge in [0.2, 0.25) is 0 Å². The molecule has 0 amide bonds. The highest BCUT2D eigenvalue weighted by molar-refractivity contribution is 5.24. The van der Waals surface area contributed by atoms with E-state index in [-0.39, 0.29) is 19.6 Å². The Morgan fingerprint density at radius 2 is 2.00 bits per heavy atom. The monoisotopic (exact) mass is 279 g/mol. The molecule has 0 radical (unpaired) electrons. The van der Waals surface area contributed by atoms with E-state index >= 15 is 0 Å². The van der Waals surface area contributed by atoms with Crippen molar-refractivity contribution >= 4 is 0 Å². The average Bonchev–Trinajstić information content (AvgIpc) is 2.31. The maximum atomic E-state index is 13.4. The van der Waals surface area contributed by atoms with E-state index in [0.29, 0.717) is 12.1 Å². The molecule has 6 heteroatoms. The molecule has 0 saturated carbocycles. The minimum Gasteiger partial charge on any atom is -0.377 e. The van der Waals surface area contributed by atoms with E-state index in [4.69, 9.17) is 4.74 Å². The van der Waals surface area contributed by atoms with Gasteiger partial charge in [0.05, 0.1) is 6.61 Å². The standard InChI is InChI=1S/C13H17F4NO/c1-18-8-10-3-4-12(14)11(7-10)9-19-6-2-5-13(15,16)17/h3-4,7,18H,2,5-6,8-9H2,1H3. The molecule has 1 aromatic rings. The van der Waals surface area contributed by atoms with Crippen molar-refractivity contribution < 1.29 is 22.3 Å². The fraction of sp³-hybridized carbons (Fsp3) is 0.538. The molecular weight excluding hydrogens is 262 g/mol. The van der Waals surface area contributed by atoms with Crippen molar-refractivity contribution in [2.45, 2.75) is 32.2 Å². The quantitative estimate of drug-likeness (QED) is 0.610. The second kappa shape index (κ2) is 7.45. The second-order valence-electron chi connectivity index (χ2n) is 4.23. The van der Waals surface area contributed by atoms with Crippen LogP contribution in [0.5, 0.6) is 0 Å². The van der Waals surface area contributed by atoms with Gasteiger partial charge in [-0.1, -0.05) is 6.07 Å². The van der Waals surface area contributed by atoms with Crippen molar-refractivity contribution in [1.82, 2.24) is 5.32 Å². The zero-order valence-corrected chi connectivity index (χ0v) is 10.7. The first-order chi connectivity index (χ1) is 8.92. The largest absolute Gasteiger partial charge is 0.389 e. The van der Waals surface area contributed by atoms with E-state index in [0.717, 1.165) is 5.56 Å². The molecule has 0 spiro atoms. The summed E-state index contributed by atoms with van der Waals surface area (Å²) in [7, 11) is 1.77. The summed E-state index contributed by atoms with van der Waals surface area (Å²) in [5.41, 5.74) is 1.26. The van der Waals surface area contributed by atoms with Crippen LogP contribution in [0.15, 0.2) is 18.2 Å². The number of hydrogen-bond donors (Lipinski definition) is 1. The van der Waals surface area contributed by atoms with Gasteiger partial charge >= 0.3 is 6.18 Å². The minimum atomic E-state index is -4.17. The molecule has 0 aliphatic rings. The van der Waals surface area contributed by atoms with Crippen LogP contribution in [0, 0.1) is 5.82 Å². The number of hydrogen-bond acceptors (Lipinski definition) is 2. The lowest BCUT2D eigenvalue weighted by Gasteiger charge is -2.09. The Bertz CT molecular complexity index is 393. The lowest BCUT2D eigenvalue weighted by Crippen LogP contribution is -2.09. The number of rotatable bonds is 7. The van der Waals surface area contributed by atoms with Crippen LogP contribution in [0.3, 0.4) is 0 Å². The highest BCUT2D eigenvalue weighted by Crippen LogP contribution is 2.21. The van der Waals surface area contributed by atoms with Crippen LogP contribution in [0.1, 0.15) is 24.0 Å². The van der Waals surface area contributed by atoms with E-state index in [1.165, 1.54) is 6.07 Å². The third kappa shape index (κ3) is 6.54. The van der Waals surface area contributed by atoms with E-state index in [1.807, 2.05) is 0 Å². The van der Waals surface area contributed by atoms with Gasteiger partial charge in [-0.05, 0) is 31.2 Å². The third-order valence-electron chi connectivity index (χ3n) is 2.50. The predicted molar refractivity (Wildman–Crippen MR) is 64.1 cm³/mol. The molecule has 108 valence electrons. The van der Waals surface area contributed by atoms with Gasteiger partial charge in [-0.25, -0.2) is 4.39 Å². The van der Waals surface area contributed by atoms with Gasteiger partial charge in [0.1, 0.15) is 5.82 Å². The molecule has 19 heavy (non-hydrogen) atoms. The van der Waals surface area contributed by atoms with Crippen molar-refractivity contribution in [3.63, 3.8) is 0 Å². The molecule has 0 aliphatic heterocycles. The molecule has 2 nitrogen and oxygen atoms in total.